The zero-order valence-corrected chi connectivity index (χ0v) is 10.1. The maximum absolute atomic E-state index is 12.2. The smallest absolute Gasteiger partial charge is 0.235 e. The number of nitrogens with one attached hydrogen (secondary N) is 1. The number of benzene rings is 1. The van der Waals surface area contributed by atoms with Crippen LogP contribution in [0.3, 0.4) is 0 Å². The van der Waals surface area contributed by atoms with E-state index in [4.69, 9.17) is 0 Å². The number of rotatable bonds is 2. The fraction of sp³-hybridized carbons (Fsp3) is 0.214. The summed E-state index contributed by atoms with van der Waals surface area (Å²) in [6.45, 7) is 1.96. The lowest BCUT2D eigenvalue weighted by Gasteiger charge is -2.21. The van der Waals surface area contributed by atoms with Gasteiger partial charge in [-0.25, -0.2) is 9.97 Å². The van der Waals surface area contributed by atoms with Crippen LogP contribution in [0.4, 0.5) is 5.69 Å². The van der Waals surface area contributed by atoms with Gasteiger partial charge in [-0.15, -0.1) is 0 Å². The molecule has 0 saturated carbocycles. The van der Waals surface area contributed by atoms with Crippen molar-refractivity contribution in [3.05, 3.63) is 54.1 Å². The summed E-state index contributed by atoms with van der Waals surface area (Å²) in [5.74, 6) is 0.0348. The van der Waals surface area contributed by atoms with E-state index >= 15 is 0 Å². The minimum absolute atomic E-state index is 0.0348. The van der Waals surface area contributed by atoms with Gasteiger partial charge in [0.1, 0.15) is 6.33 Å². The van der Waals surface area contributed by atoms with E-state index in [0.717, 1.165) is 16.8 Å². The summed E-state index contributed by atoms with van der Waals surface area (Å²) in [7, 11) is 0. The number of fused-ring (bicyclic) bond motifs is 1. The van der Waals surface area contributed by atoms with Crippen LogP contribution in [-0.2, 0) is 16.6 Å². The molecule has 18 heavy (non-hydrogen) atoms. The summed E-state index contributed by atoms with van der Waals surface area (Å²) in [5.41, 5.74) is 2.37. The number of nitrogens with zero attached hydrogens (tertiary/aromatic N) is 2. The van der Waals surface area contributed by atoms with E-state index in [1.54, 1.807) is 12.4 Å². The highest BCUT2D eigenvalue weighted by Gasteiger charge is 2.42. The van der Waals surface area contributed by atoms with Gasteiger partial charge in [-0.05, 0) is 30.5 Å². The fourth-order valence-corrected chi connectivity index (χ4v) is 2.46. The normalized spacial score (nSPS) is 21.5. The maximum atomic E-state index is 12.2. The first-order valence-corrected chi connectivity index (χ1v) is 5.85. The zero-order valence-electron chi connectivity index (χ0n) is 10.1. The van der Waals surface area contributed by atoms with Gasteiger partial charge in [-0.3, -0.25) is 4.79 Å². The van der Waals surface area contributed by atoms with E-state index in [-0.39, 0.29) is 5.91 Å². The van der Waals surface area contributed by atoms with Crippen LogP contribution in [-0.4, -0.2) is 15.9 Å². The standard InChI is InChI=1S/C14H13N3O/c1-14(6-10-7-15-9-16-8-10)11-4-2-3-5-12(11)17-13(14)18/h2-5,7-9H,6H2,1H3,(H,17,18). The Balaban J connectivity index is 2.02. The quantitative estimate of drug-likeness (QED) is 0.871. The van der Waals surface area contributed by atoms with Crippen LogP contribution < -0.4 is 5.32 Å². The van der Waals surface area contributed by atoms with Crippen LogP contribution in [0.25, 0.3) is 0 Å². The first kappa shape index (κ1) is 10.9. The minimum Gasteiger partial charge on any atom is -0.325 e. The predicted octanol–water partition coefficient (Wildman–Crippen LogP) is 1.93. The molecule has 0 saturated heterocycles. The van der Waals surface area contributed by atoms with E-state index in [2.05, 4.69) is 15.3 Å². The molecular weight excluding hydrogens is 226 g/mol. The largest absolute Gasteiger partial charge is 0.325 e. The summed E-state index contributed by atoms with van der Waals surface area (Å²) in [6, 6.07) is 7.81. The second-order valence-electron chi connectivity index (χ2n) is 4.76. The van der Waals surface area contributed by atoms with Crippen LogP contribution >= 0.6 is 0 Å². The third-order valence-corrected chi connectivity index (χ3v) is 3.44. The number of anilines is 1. The van der Waals surface area contributed by atoms with Crippen LogP contribution in [0.2, 0.25) is 0 Å². The Labute approximate surface area is 105 Å². The number of carbonyl (C=O) groups is 1. The van der Waals surface area contributed by atoms with Crippen LogP contribution in [0.15, 0.2) is 43.0 Å². The average Bonchev–Trinajstić information content (AvgIpc) is 2.63. The van der Waals surface area contributed by atoms with Crippen molar-refractivity contribution >= 4 is 11.6 Å². The highest BCUT2D eigenvalue weighted by atomic mass is 16.2. The summed E-state index contributed by atoms with van der Waals surface area (Å²) in [4.78, 5) is 20.2. The van der Waals surface area contributed by atoms with Crippen molar-refractivity contribution in [2.24, 2.45) is 0 Å². The van der Waals surface area contributed by atoms with E-state index < -0.39 is 5.41 Å². The molecule has 1 N–H and O–H groups in total. The lowest BCUT2D eigenvalue weighted by atomic mass is 9.79. The molecule has 1 amide bonds. The Morgan fingerprint density at radius 2 is 1.94 bits per heavy atom. The molecule has 1 atom stereocenters. The molecule has 2 aromatic rings. The van der Waals surface area contributed by atoms with Crippen molar-refractivity contribution in [1.82, 2.24) is 9.97 Å². The zero-order chi connectivity index (χ0) is 12.6. The predicted molar refractivity (Wildman–Crippen MR) is 68.2 cm³/mol. The monoisotopic (exact) mass is 239 g/mol. The molecule has 0 aliphatic carbocycles. The molecule has 2 heterocycles. The number of aromatic nitrogens is 2. The van der Waals surface area contributed by atoms with Gasteiger partial charge in [0.25, 0.3) is 0 Å². The van der Waals surface area contributed by atoms with Gasteiger partial charge in [-0.2, -0.15) is 0 Å². The van der Waals surface area contributed by atoms with Crippen molar-refractivity contribution in [1.29, 1.82) is 0 Å². The van der Waals surface area contributed by atoms with Gasteiger partial charge < -0.3 is 5.32 Å². The lowest BCUT2D eigenvalue weighted by molar-refractivity contribution is -0.120. The molecule has 1 aliphatic heterocycles. The molecule has 4 nitrogen and oxygen atoms in total. The second kappa shape index (κ2) is 3.91. The summed E-state index contributed by atoms with van der Waals surface area (Å²) in [5, 5.41) is 2.93. The first-order valence-electron chi connectivity index (χ1n) is 5.85. The van der Waals surface area contributed by atoms with Gasteiger partial charge in [-0.1, -0.05) is 18.2 Å². The maximum Gasteiger partial charge on any atom is 0.235 e. The fourth-order valence-electron chi connectivity index (χ4n) is 2.46. The van der Waals surface area contributed by atoms with E-state index in [1.807, 2.05) is 31.2 Å². The Bertz CT molecular complexity index is 597. The SMILES string of the molecule is CC1(Cc2cncnc2)C(=O)Nc2ccccc21. The van der Waals surface area contributed by atoms with Gasteiger partial charge in [0.05, 0.1) is 5.41 Å². The Hall–Kier alpha value is -2.23. The molecule has 0 spiro atoms. The van der Waals surface area contributed by atoms with Crippen molar-refractivity contribution in [3.8, 4) is 0 Å². The molecule has 3 rings (SSSR count). The van der Waals surface area contributed by atoms with Gasteiger partial charge in [0, 0.05) is 18.1 Å². The molecule has 1 aromatic heterocycles. The molecule has 4 heteroatoms. The molecular formula is C14H13N3O. The number of para-hydroxylation sites is 1. The minimum atomic E-state index is -0.540. The summed E-state index contributed by atoms with van der Waals surface area (Å²) in [6.07, 6.45) is 5.62. The van der Waals surface area contributed by atoms with Gasteiger partial charge >= 0.3 is 0 Å². The Kier molecular flexibility index (Phi) is 2.37. The molecule has 1 unspecified atom stereocenters. The van der Waals surface area contributed by atoms with Crippen molar-refractivity contribution in [2.75, 3.05) is 5.32 Å². The van der Waals surface area contributed by atoms with Crippen LogP contribution in [0.5, 0.6) is 0 Å². The molecule has 0 radical (unpaired) electrons. The Morgan fingerprint density at radius 1 is 1.22 bits per heavy atom. The number of hydrogen-bond acceptors (Lipinski definition) is 3. The molecule has 90 valence electrons. The first-order chi connectivity index (χ1) is 8.70. The molecule has 1 aromatic carbocycles. The number of amides is 1. The highest BCUT2D eigenvalue weighted by Crippen LogP contribution is 2.39. The topological polar surface area (TPSA) is 54.9 Å². The number of hydrogen-bond donors (Lipinski definition) is 1. The number of carbonyl (C=O) groups excluding carboxylic acids is 1. The van der Waals surface area contributed by atoms with Crippen molar-refractivity contribution in [2.45, 2.75) is 18.8 Å². The molecule has 0 bridgehead atoms. The van der Waals surface area contributed by atoms with Crippen LogP contribution in [0.1, 0.15) is 18.1 Å². The summed E-state index contributed by atoms with van der Waals surface area (Å²) >= 11 is 0. The average molecular weight is 239 g/mol. The summed E-state index contributed by atoms with van der Waals surface area (Å²) < 4.78 is 0. The molecule has 1 aliphatic rings. The van der Waals surface area contributed by atoms with E-state index in [0.29, 0.717) is 6.42 Å². The third-order valence-electron chi connectivity index (χ3n) is 3.44. The van der Waals surface area contributed by atoms with E-state index in [9.17, 15) is 4.79 Å². The van der Waals surface area contributed by atoms with Crippen LogP contribution in [0, 0.1) is 0 Å². The van der Waals surface area contributed by atoms with Crippen molar-refractivity contribution < 1.29 is 4.79 Å². The van der Waals surface area contributed by atoms with Crippen molar-refractivity contribution in [3.63, 3.8) is 0 Å². The Morgan fingerprint density at radius 3 is 2.72 bits per heavy atom. The lowest BCUT2D eigenvalue weighted by Crippen LogP contribution is -2.33. The highest BCUT2D eigenvalue weighted by molar-refractivity contribution is 6.06. The van der Waals surface area contributed by atoms with E-state index in [1.165, 1.54) is 6.33 Å². The van der Waals surface area contributed by atoms with Gasteiger partial charge in [0.2, 0.25) is 5.91 Å². The third kappa shape index (κ3) is 1.57. The second-order valence-corrected chi connectivity index (χ2v) is 4.76. The molecule has 0 fully saturated rings. The van der Waals surface area contributed by atoms with Gasteiger partial charge in [0.15, 0.2) is 0 Å².